The molecule has 0 unspecified atom stereocenters. The summed E-state index contributed by atoms with van der Waals surface area (Å²) in [6.45, 7) is 0.739. The van der Waals surface area contributed by atoms with Gasteiger partial charge in [-0.2, -0.15) is 4.31 Å². The Hall–Kier alpha value is -1.93. The zero-order chi connectivity index (χ0) is 17.6. The molecule has 1 aromatic carbocycles. The number of nitrogens with zero attached hydrogens (tertiary/aromatic N) is 1. The van der Waals surface area contributed by atoms with E-state index in [0.29, 0.717) is 13.0 Å². The minimum atomic E-state index is -3.54. The highest BCUT2D eigenvalue weighted by atomic mass is 32.2. The lowest BCUT2D eigenvalue weighted by molar-refractivity contribution is -0.138. The fourth-order valence-electron chi connectivity index (χ4n) is 2.85. The third-order valence-electron chi connectivity index (χ3n) is 4.12. The molecule has 0 saturated carbocycles. The summed E-state index contributed by atoms with van der Waals surface area (Å²) in [5.41, 5.74) is 0. The Morgan fingerprint density at radius 3 is 2.54 bits per heavy atom. The van der Waals surface area contributed by atoms with Crippen LogP contribution in [0.5, 0.6) is 0 Å². The average Bonchev–Trinajstić information content (AvgIpc) is 2.62. The molecule has 2 N–H and O–H groups in total. The molecule has 0 aliphatic carbocycles. The molecule has 0 radical (unpaired) electrons. The molecule has 132 valence electrons. The summed E-state index contributed by atoms with van der Waals surface area (Å²) in [5, 5.41) is 4.77. The van der Waals surface area contributed by atoms with Gasteiger partial charge in [0.1, 0.15) is 0 Å². The van der Waals surface area contributed by atoms with Crippen molar-refractivity contribution in [1.29, 1.82) is 0 Å². The number of likely N-dealkylation sites (N-methyl/N-ethyl adjacent to an activating group) is 1. The standard InChI is InChI=1S/C16H23N3O4S/c1-17-15(20)16(21)18-11-10-13-7-5-6-12-19(13)24(22,23)14-8-3-2-4-9-14/h2-4,8-9,13H,5-7,10-12H2,1H3,(H,17,20)(H,18,21)/t13-/m1/s1. The van der Waals surface area contributed by atoms with Crippen molar-refractivity contribution in [3.05, 3.63) is 30.3 Å². The largest absolute Gasteiger partial charge is 0.351 e. The maximum absolute atomic E-state index is 12.8. The number of piperidine rings is 1. The molecule has 1 saturated heterocycles. The lowest BCUT2D eigenvalue weighted by Crippen LogP contribution is -2.46. The van der Waals surface area contributed by atoms with E-state index in [-0.39, 0.29) is 17.5 Å². The molecule has 7 nitrogen and oxygen atoms in total. The van der Waals surface area contributed by atoms with Crippen LogP contribution in [0, 0.1) is 0 Å². The van der Waals surface area contributed by atoms with E-state index in [1.165, 1.54) is 11.4 Å². The molecule has 8 heteroatoms. The predicted molar refractivity (Wildman–Crippen MR) is 89.7 cm³/mol. The number of carbonyl (C=O) groups is 2. The van der Waals surface area contributed by atoms with Crippen molar-refractivity contribution in [1.82, 2.24) is 14.9 Å². The van der Waals surface area contributed by atoms with Crippen molar-refractivity contribution in [2.75, 3.05) is 20.1 Å². The van der Waals surface area contributed by atoms with E-state index >= 15 is 0 Å². The monoisotopic (exact) mass is 353 g/mol. The molecule has 2 rings (SSSR count). The van der Waals surface area contributed by atoms with Crippen molar-refractivity contribution in [3.63, 3.8) is 0 Å². The summed E-state index contributed by atoms with van der Waals surface area (Å²) in [4.78, 5) is 22.9. The molecule has 1 heterocycles. The zero-order valence-electron chi connectivity index (χ0n) is 13.7. The van der Waals surface area contributed by atoms with Gasteiger partial charge in [0.25, 0.3) is 0 Å². The van der Waals surface area contributed by atoms with E-state index in [4.69, 9.17) is 0 Å². The Kier molecular flexibility index (Phi) is 6.33. The van der Waals surface area contributed by atoms with Crippen LogP contribution in [0.4, 0.5) is 0 Å². The van der Waals surface area contributed by atoms with Gasteiger partial charge in [0, 0.05) is 26.2 Å². The van der Waals surface area contributed by atoms with Gasteiger partial charge in [0.2, 0.25) is 10.0 Å². The van der Waals surface area contributed by atoms with E-state index < -0.39 is 21.8 Å². The predicted octanol–water partition coefficient (Wildman–Crippen LogP) is 0.482. The Balaban J connectivity index is 2.03. The third-order valence-corrected chi connectivity index (χ3v) is 6.09. The molecule has 2 amide bonds. The van der Waals surface area contributed by atoms with Gasteiger partial charge in [-0.3, -0.25) is 9.59 Å². The second-order valence-electron chi connectivity index (χ2n) is 5.70. The normalized spacial score (nSPS) is 18.8. The van der Waals surface area contributed by atoms with E-state index in [2.05, 4.69) is 10.6 Å². The molecule has 1 fully saturated rings. The molecule has 1 aliphatic heterocycles. The number of amides is 2. The fraction of sp³-hybridized carbons (Fsp3) is 0.500. The number of sulfonamides is 1. The number of nitrogens with one attached hydrogen (secondary N) is 2. The van der Waals surface area contributed by atoms with E-state index in [9.17, 15) is 18.0 Å². The van der Waals surface area contributed by atoms with E-state index in [0.717, 1.165) is 19.3 Å². The minimum absolute atomic E-state index is 0.172. The lowest BCUT2D eigenvalue weighted by Gasteiger charge is -2.34. The number of carbonyl (C=O) groups excluding carboxylic acids is 2. The van der Waals surface area contributed by atoms with Crippen molar-refractivity contribution >= 4 is 21.8 Å². The Morgan fingerprint density at radius 2 is 1.88 bits per heavy atom. The Morgan fingerprint density at radius 1 is 1.17 bits per heavy atom. The molecule has 0 spiro atoms. The van der Waals surface area contributed by atoms with Crippen LogP contribution in [0.3, 0.4) is 0 Å². The van der Waals surface area contributed by atoms with Crippen LogP contribution >= 0.6 is 0 Å². The summed E-state index contributed by atoms with van der Waals surface area (Å²) in [6, 6.07) is 8.20. The first-order chi connectivity index (χ1) is 11.5. The average molecular weight is 353 g/mol. The van der Waals surface area contributed by atoms with Gasteiger partial charge in [-0.15, -0.1) is 0 Å². The number of hydrogen-bond acceptors (Lipinski definition) is 4. The van der Waals surface area contributed by atoms with Crippen molar-refractivity contribution < 1.29 is 18.0 Å². The quantitative estimate of drug-likeness (QED) is 0.753. The van der Waals surface area contributed by atoms with Crippen LogP contribution in [-0.2, 0) is 19.6 Å². The molecule has 1 aliphatic rings. The number of rotatable bonds is 5. The first-order valence-corrected chi connectivity index (χ1v) is 9.47. The second kappa shape index (κ2) is 8.25. The van der Waals surface area contributed by atoms with Crippen LogP contribution in [0.25, 0.3) is 0 Å². The van der Waals surface area contributed by atoms with Crippen LogP contribution in [0.2, 0.25) is 0 Å². The van der Waals surface area contributed by atoms with Gasteiger partial charge >= 0.3 is 11.8 Å². The van der Waals surface area contributed by atoms with Gasteiger partial charge < -0.3 is 10.6 Å². The highest BCUT2D eigenvalue weighted by Gasteiger charge is 2.33. The van der Waals surface area contributed by atoms with E-state index in [1.807, 2.05) is 0 Å². The molecular weight excluding hydrogens is 330 g/mol. The lowest BCUT2D eigenvalue weighted by atomic mass is 10.0. The molecular formula is C16H23N3O4S. The maximum atomic E-state index is 12.8. The second-order valence-corrected chi connectivity index (χ2v) is 7.59. The van der Waals surface area contributed by atoms with Crippen molar-refractivity contribution in [3.8, 4) is 0 Å². The summed E-state index contributed by atoms with van der Waals surface area (Å²) in [6.07, 6.45) is 3.01. The summed E-state index contributed by atoms with van der Waals surface area (Å²) < 4.78 is 27.2. The smallest absolute Gasteiger partial charge is 0.309 e. The van der Waals surface area contributed by atoms with Gasteiger partial charge in [0.15, 0.2) is 0 Å². The van der Waals surface area contributed by atoms with Crippen LogP contribution in [0.15, 0.2) is 35.2 Å². The molecule has 0 bridgehead atoms. The van der Waals surface area contributed by atoms with Gasteiger partial charge in [-0.1, -0.05) is 24.6 Å². The first kappa shape index (κ1) is 18.4. The maximum Gasteiger partial charge on any atom is 0.309 e. The molecule has 0 aromatic heterocycles. The molecule has 1 aromatic rings. The fourth-order valence-corrected chi connectivity index (χ4v) is 4.60. The van der Waals surface area contributed by atoms with Crippen LogP contribution in [-0.4, -0.2) is 50.7 Å². The summed E-state index contributed by atoms with van der Waals surface area (Å²) in [5.74, 6) is -1.40. The SMILES string of the molecule is CNC(=O)C(=O)NCC[C@H]1CCCCN1S(=O)(=O)c1ccccc1. The first-order valence-electron chi connectivity index (χ1n) is 8.03. The topological polar surface area (TPSA) is 95.6 Å². The number of benzene rings is 1. The van der Waals surface area contributed by atoms with Crippen LogP contribution in [0.1, 0.15) is 25.7 Å². The molecule has 24 heavy (non-hydrogen) atoms. The van der Waals surface area contributed by atoms with E-state index in [1.54, 1.807) is 30.3 Å². The van der Waals surface area contributed by atoms with Crippen molar-refractivity contribution in [2.45, 2.75) is 36.6 Å². The molecule has 1 atom stereocenters. The van der Waals surface area contributed by atoms with Gasteiger partial charge in [0.05, 0.1) is 4.90 Å². The highest BCUT2D eigenvalue weighted by molar-refractivity contribution is 7.89. The van der Waals surface area contributed by atoms with Crippen LogP contribution < -0.4 is 10.6 Å². The van der Waals surface area contributed by atoms with Crippen molar-refractivity contribution in [2.24, 2.45) is 0 Å². The Labute approximate surface area is 142 Å². The third kappa shape index (κ3) is 4.33. The van der Waals surface area contributed by atoms with Gasteiger partial charge in [-0.05, 0) is 31.4 Å². The summed E-state index contributed by atoms with van der Waals surface area (Å²) in [7, 11) is -2.16. The Bertz CT molecular complexity index is 676. The van der Waals surface area contributed by atoms with Gasteiger partial charge in [-0.25, -0.2) is 8.42 Å². The summed E-state index contributed by atoms with van der Waals surface area (Å²) >= 11 is 0. The zero-order valence-corrected chi connectivity index (χ0v) is 14.5. The highest BCUT2D eigenvalue weighted by Crippen LogP contribution is 2.26. The minimum Gasteiger partial charge on any atom is -0.351 e. The number of hydrogen-bond donors (Lipinski definition) is 2.